The number of fused-ring (bicyclic) bond motifs is 1. The van der Waals surface area contributed by atoms with E-state index in [-0.39, 0.29) is 24.6 Å². The molecule has 0 saturated heterocycles. The van der Waals surface area contributed by atoms with Gasteiger partial charge < -0.3 is 15.3 Å². The molecule has 6 nitrogen and oxygen atoms in total. The van der Waals surface area contributed by atoms with E-state index in [1.165, 1.54) is 12.1 Å². The Labute approximate surface area is 85.3 Å². The first-order valence-electron chi connectivity index (χ1n) is 4.43. The summed E-state index contributed by atoms with van der Waals surface area (Å²) in [6, 6.07) is 2.63. The molecule has 0 bridgehead atoms. The fourth-order valence-corrected chi connectivity index (χ4v) is 1.70. The van der Waals surface area contributed by atoms with Gasteiger partial charge in [0.2, 0.25) is 0 Å². The van der Waals surface area contributed by atoms with Gasteiger partial charge in [0.05, 0.1) is 24.5 Å². The summed E-state index contributed by atoms with van der Waals surface area (Å²) < 4.78 is 0. The van der Waals surface area contributed by atoms with Crippen LogP contribution in [0.1, 0.15) is 17.2 Å². The first kappa shape index (κ1) is 9.72. The van der Waals surface area contributed by atoms with Gasteiger partial charge in [-0.3, -0.25) is 5.01 Å². The Balaban J connectivity index is 2.45. The van der Waals surface area contributed by atoms with Crippen molar-refractivity contribution in [2.45, 2.75) is 12.6 Å². The predicted octanol–water partition coefficient (Wildman–Crippen LogP) is 0.628. The van der Waals surface area contributed by atoms with Gasteiger partial charge in [0.1, 0.15) is 0 Å². The highest BCUT2D eigenvalue weighted by Crippen LogP contribution is 2.35. The van der Waals surface area contributed by atoms with E-state index in [4.69, 9.17) is 0 Å². The van der Waals surface area contributed by atoms with Crippen molar-refractivity contribution in [3.63, 3.8) is 0 Å². The second-order valence-electron chi connectivity index (χ2n) is 3.48. The second-order valence-corrected chi connectivity index (χ2v) is 3.48. The van der Waals surface area contributed by atoms with Crippen LogP contribution in [-0.4, -0.2) is 26.9 Å². The van der Waals surface area contributed by atoms with Gasteiger partial charge in [0, 0.05) is 0 Å². The average Bonchev–Trinajstić information content (AvgIpc) is 2.21. The van der Waals surface area contributed by atoms with E-state index in [1.807, 2.05) is 0 Å². The van der Waals surface area contributed by atoms with Gasteiger partial charge in [0.25, 0.3) is 0 Å². The maximum absolute atomic E-state index is 10.3. The third kappa shape index (κ3) is 1.59. The van der Waals surface area contributed by atoms with Crippen molar-refractivity contribution >= 4 is 0 Å². The molecule has 80 valence electrons. The summed E-state index contributed by atoms with van der Waals surface area (Å²) in [5.41, 5.74) is 1.11. The molecule has 1 aromatic rings. The van der Waals surface area contributed by atoms with Crippen molar-refractivity contribution in [1.29, 1.82) is 0 Å². The number of nitrogens with zero attached hydrogens (tertiary/aromatic N) is 2. The number of nitroso groups, excluding NO2 is 1. The van der Waals surface area contributed by atoms with Crippen LogP contribution in [0.3, 0.4) is 0 Å². The zero-order valence-electron chi connectivity index (χ0n) is 7.79. The van der Waals surface area contributed by atoms with Crippen LogP contribution in [0.2, 0.25) is 0 Å². The number of aromatic hydroxyl groups is 2. The van der Waals surface area contributed by atoms with Crippen LogP contribution in [0.25, 0.3) is 0 Å². The molecule has 1 aromatic carbocycles. The largest absolute Gasteiger partial charge is 0.504 e. The molecule has 1 unspecified atom stereocenters. The first-order valence-corrected chi connectivity index (χ1v) is 4.43. The van der Waals surface area contributed by atoms with Gasteiger partial charge in [-0.15, -0.1) is 4.91 Å². The number of phenolic OH excluding ortho intramolecular Hbond substituents is 2. The van der Waals surface area contributed by atoms with Crippen LogP contribution in [-0.2, 0) is 6.54 Å². The zero-order valence-corrected chi connectivity index (χ0v) is 7.79. The van der Waals surface area contributed by atoms with E-state index in [2.05, 4.69) is 5.29 Å². The Kier molecular flexibility index (Phi) is 2.20. The third-order valence-electron chi connectivity index (χ3n) is 2.45. The number of β-amino-alcohol motifs (C(OH)–C–C–N with tert-alkyl or cyclic N) is 1. The van der Waals surface area contributed by atoms with E-state index in [1.54, 1.807) is 0 Å². The fourth-order valence-electron chi connectivity index (χ4n) is 1.70. The topological polar surface area (TPSA) is 93.4 Å². The maximum atomic E-state index is 10.3. The van der Waals surface area contributed by atoms with Crippen LogP contribution in [0.4, 0.5) is 0 Å². The number of hydrogen-bond acceptors (Lipinski definition) is 5. The van der Waals surface area contributed by atoms with Crippen LogP contribution >= 0.6 is 0 Å². The van der Waals surface area contributed by atoms with Gasteiger partial charge >= 0.3 is 0 Å². The van der Waals surface area contributed by atoms with Gasteiger partial charge in [-0.2, -0.15) is 0 Å². The van der Waals surface area contributed by atoms with E-state index in [9.17, 15) is 20.2 Å². The van der Waals surface area contributed by atoms with Gasteiger partial charge in [-0.1, -0.05) is 0 Å². The maximum Gasteiger partial charge on any atom is 0.157 e. The zero-order chi connectivity index (χ0) is 11.0. The standard InChI is InChI=1S/C9H10N2O4/c12-7-1-5-3-11(10-15)4-9(14)6(5)2-8(7)13/h1-2,9,12-14H,3-4H2. The molecule has 0 aliphatic carbocycles. The molecular weight excluding hydrogens is 200 g/mol. The Hall–Kier alpha value is -1.82. The summed E-state index contributed by atoms with van der Waals surface area (Å²) >= 11 is 0. The first-order chi connectivity index (χ1) is 7.11. The minimum Gasteiger partial charge on any atom is -0.504 e. The number of benzene rings is 1. The van der Waals surface area contributed by atoms with E-state index in [0.29, 0.717) is 11.1 Å². The molecule has 3 N–H and O–H groups in total. The molecule has 1 aliphatic heterocycles. The van der Waals surface area contributed by atoms with E-state index < -0.39 is 6.10 Å². The Morgan fingerprint density at radius 2 is 2.00 bits per heavy atom. The molecule has 1 heterocycles. The summed E-state index contributed by atoms with van der Waals surface area (Å²) in [6.07, 6.45) is -0.877. The van der Waals surface area contributed by atoms with Crippen molar-refractivity contribution in [1.82, 2.24) is 5.01 Å². The number of aliphatic hydroxyl groups excluding tert-OH is 1. The van der Waals surface area contributed by atoms with Crippen molar-refractivity contribution in [3.05, 3.63) is 28.2 Å². The van der Waals surface area contributed by atoms with Crippen molar-refractivity contribution in [2.75, 3.05) is 6.54 Å². The summed E-state index contributed by atoms with van der Waals surface area (Å²) in [5, 5.41) is 32.0. The lowest BCUT2D eigenvalue weighted by atomic mass is 9.97. The highest BCUT2D eigenvalue weighted by molar-refractivity contribution is 5.47. The summed E-state index contributed by atoms with van der Waals surface area (Å²) in [6.45, 7) is 0.324. The molecule has 0 saturated carbocycles. The predicted molar refractivity (Wildman–Crippen MR) is 50.9 cm³/mol. The normalized spacial score (nSPS) is 19.8. The number of phenols is 2. The summed E-state index contributed by atoms with van der Waals surface area (Å²) in [5.74, 6) is -0.547. The Bertz CT molecular complexity index is 407. The lowest BCUT2D eigenvalue weighted by Gasteiger charge is -2.27. The Morgan fingerprint density at radius 3 is 2.67 bits per heavy atom. The lowest BCUT2D eigenvalue weighted by Crippen LogP contribution is -2.29. The fraction of sp³-hybridized carbons (Fsp3) is 0.333. The van der Waals surface area contributed by atoms with E-state index >= 15 is 0 Å². The molecule has 6 heteroatoms. The summed E-state index contributed by atoms with van der Waals surface area (Å²) in [7, 11) is 0. The molecule has 0 spiro atoms. The summed E-state index contributed by atoms with van der Waals surface area (Å²) in [4.78, 5) is 10.3. The van der Waals surface area contributed by atoms with Crippen molar-refractivity contribution in [3.8, 4) is 11.5 Å². The van der Waals surface area contributed by atoms with Crippen LogP contribution < -0.4 is 0 Å². The second kappa shape index (κ2) is 3.39. The van der Waals surface area contributed by atoms with Crippen LogP contribution in [0.5, 0.6) is 11.5 Å². The lowest BCUT2D eigenvalue weighted by molar-refractivity contribution is 0.0930. The molecule has 0 fully saturated rings. The molecule has 0 aromatic heterocycles. The molecular formula is C9H10N2O4. The monoisotopic (exact) mass is 210 g/mol. The van der Waals surface area contributed by atoms with E-state index in [0.717, 1.165) is 5.01 Å². The number of aliphatic hydroxyl groups is 1. The van der Waals surface area contributed by atoms with Crippen molar-refractivity contribution in [2.24, 2.45) is 5.29 Å². The van der Waals surface area contributed by atoms with Gasteiger partial charge in [0.15, 0.2) is 11.5 Å². The molecule has 0 radical (unpaired) electrons. The molecule has 1 aliphatic rings. The highest BCUT2D eigenvalue weighted by atomic mass is 16.3. The highest BCUT2D eigenvalue weighted by Gasteiger charge is 2.25. The van der Waals surface area contributed by atoms with Gasteiger partial charge in [-0.25, -0.2) is 0 Å². The minimum absolute atomic E-state index is 0.0979. The number of rotatable bonds is 1. The Morgan fingerprint density at radius 1 is 1.33 bits per heavy atom. The van der Waals surface area contributed by atoms with Crippen molar-refractivity contribution < 1.29 is 15.3 Å². The molecule has 0 amide bonds. The SMILES string of the molecule is O=NN1Cc2cc(O)c(O)cc2C(O)C1. The molecule has 15 heavy (non-hydrogen) atoms. The van der Waals surface area contributed by atoms with Gasteiger partial charge in [-0.05, 0) is 23.3 Å². The van der Waals surface area contributed by atoms with Crippen LogP contribution in [0.15, 0.2) is 17.4 Å². The quantitative estimate of drug-likeness (QED) is 0.467. The van der Waals surface area contributed by atoms with Crippen LogP contribution in [0, 0.1) is 4.91 Å². The minimum atomic E-state index is -0.877. The average molecular weight is 210 g/mol. The third-order valence-corrected chi connectivity index (χ3v) is 2.45. The smallest absolute Gasteiger partial charge is 0.157 e. The number of hydrogen-bond donors (Lipinski definition) is 3. The molecule has 2 rings (SSSR count). The molecule has 1 atom stereocenters.